The van der Waals surface area contributed by atoms with Gasteiger partial charge in [0.2, 0.25) is 0 Å². The van der Waals surface area contributed by atoms with Gasteiger partial charge in [-0.3, -0.25) is 0 Å². The molecule has 1 aliphatic heterocycles. The lowest BCUT2D eigenvalue weighted by Gasteiger charge is -2.32. The fourth-order valence-electron chi connectivity index (χ4n) is 2.93. The summed E-state index contributed by atoms with van der Waals surface area (Å²) in [7, 11) is 0. The van der Waals surface area contributed by atoms with Crippen molar-refractivity contribution in [3.8, 4) is 0 Å². The van der Waals surface area contributed by atoms with Crippen molar-refractivity contribution in [1.82, 2.24) is 10.6 Å². The molecule has 0 aliphatic carbocycles. The number of amides is 2. The summed E-state index contributed by atoms with van der Waals surface area (Å²) in [5.74, 6) is 1.21. The summed E-state index contributed by atoms with van der Waals surface area (Å²) in [6, 6.07) is 10.6. The number of aliphatic hydroxyl groups excluding tert-OH is 1. The van der Waals surface area contributed by atoms with Crippen LogP contribution < -0.4 is 15.5 Å². The largest absolute Gasteiger partial charge is 0.467 e. The number of rotatable bonds is 5. The average molecular weight is 342 g/mol. The monoisotopic (exact) mass is 342 g/mol. The third-order valence-corrected chi connectivity index (χ3v) is 4.55. The Morgan fingerprint density at radius 1 is 1.32 bits per heavy atom. The molecule has 1 aromatic heterocycles. The van der Waals surface area contributed by atoms with E-state index in [1.165, 1.54) is 24.8 Å². The van der Waals surface area contributed by atoms with Gasteiger partial charge in [0.25, 0.3) is 0 Å². The molecule has 6 heteroatoms. The first kappa shape index (κ1) is 17.4. The maximum absolute atomic E-state index is 11.9. The minimum atomic E-state index is -0.877. The summed E-state index contributed by atoms with van der Waals surface area (Å²) in [4.78, 5) is 14.2. The molecular weight excluding hydrogens is 318 g/mol. The van der Waals surface area contributed by atoms with Crippen LogP contribution in [-0.4, -0.2) is 30.8 Å². The van der Waals surface area contributed by atoms with Gasteiger partial charge < -0.3 is 19.7 Å². The van der Waals surface area contributed by atoms with Crippen molar-refractivity contribution in [3.05, 3.63) is 48.4 Å². The van der Waals surface area contributed by atoms with Crippen molar-refractivity contribution in [1.29, 1.82) is 0 Å². The van der Waals surface area contributed by atoms with Crippen LogP contribution in [0.3, 0.4) is 0 Å². The van der Waals surface area contributed by atoms with E-state index in [1.807, 2.05) is 24.3 Å². The van der Waals surface area contributed by atoms with Gasteiger partial charge in [0.05, 0.1) is 18.5 Å². The second-order valence-electron chi connectivity index (χ2n) is 6.52. The van der Waals surface area contributed by atoms with Crippen molar-refractivity contribution in [2.24, 2.45) is 5.92 Å². The molecule has 1 atom stereocenters. The zero-order valence-electron chi connectivity index (χ0n) is 14.4. The molecule has 0 saturated carbocycles. The number of furan rings is 1. The molecule has 3 rings (SSSR count). The van der Waals surface area contributed by atoms with E-state index in [2.05, 4.69) is 22.5 Å². The van der Waals surface area contributed by atoms with E-state index in [4.69, 9.17) is 4.42 Å². The Morgan fingerprint density at radius 3 is 2.68 bits per heavy atom. The Bertz CT molecular complexity index is 662. The van der Waals surface area contributed by atoms with Crippen LogP contribution >= 0.6 is 0 Å². The van der Waals surface area contributed by atoms with Gasteiger partial charge in [-0.25, -0.2) is 4.79 Å². The molecule has 2 N–H and O–H groups in total. The lowest BCUT2D eigenvalue weighted by atomic mass is 9.99. The first-order chi connectivity index (χ1) is 12.1. The fourth-order valence-corrected chi connectivity index (χ4v) is 2.93. The number of urea groups is 1. The lowest BCUT2D eigenvalue weighted by molar-refractivity contribution is 0.148. The van der Waals surface area contributed by atoms with Crippen LogP contribution in [-0.2, 0) is 0 Å². The first-order valence-corrected chi connectivity index (χ1v) is 8.68. The molecule has 2 amide bonds. The molecule has 1 fully saturated rings. The Kier molecular flexibility index (Phi) is 5.60. The molecule has 1 aromatic carbocycles. The number of benzene rings is 1. The number of hydrogen-bond donors (Lipinski definition) is 2. The molecule has 25 heavy (non-hydrogen) atoms. The number of carbonyl (C=O) groups is 1. The number of carbonyl (C=O) groups excluding carboxylic acids is 1. The molecule has 133 valence electrons. The van der Waals surface area contributed by atoms with E-state index in [0.717, 1.165) is 19.0 Å². The maximum Gasteiger partial charge on any atom is 0.341 e. The Labute approximate surface area is 147 Å². The lowest BCUT2D eigenvalue weighted by Crippen LogP contribution is -2.33. The second-order valence-corrected chi connectivity index (χ2v) is 6.52. The van der Waals surface area contributed by atoms with Gasteiger partial charge in [-0.05, 0) is 55.2 Å². The molecule has 2 heterocycles. The highest BCUT2D eigenvalue weighted by molar-refractivity contribution is 5.79. The van der Waals surface area contributed by atoms with Gasteiger partial charge >= 0.3 is 6.03 Å². The number of aliphatic hydroxyl groups is 1. The highest BCUT2D eigenvalue weighted by atomic mass is 16.4. The number of hydrogen-bond acceptors (Lipinski definition) is 4. The van der Waals surface area contributed by atoms with Gasteiger partial charge in [-0.2, -0.15) is 5.32 Å². The Hall–Kier alpha value is -2.47. The van der Waals surface area contributed by atoms with Crippen LogP contribution in [0.4, 0.5) is 16.2 Å². The predicted octanol–water partition coefficient (Wildman–Crippen LogP) is 3.20. The van der Waals surface area contributed by atoms with Crippen molar-refractivity contribution in [3.63, 3.8) is 0 Å². The Morgan fingerprint density at radius 2 is 2.04 bits per heavy atom. The SMILES string of the molecule is CC1CCN(c2ccc([N]C(=O)NCC(O)c3ccco3)cc2)CC1. The topological polar surface area (TPSA) is 79.8 Å². The summed E-state index contributed by atoms with van der Waals surface area (Å²) in [5.41, 5.74) is 1.76. The van der Waals surface area contributed by atoms with E-state index in [1.54, 1.807) is 12.1 Å². The first-order valence-electron chi connectivity index (χ1n) is 8.68. The highest BCUT2D eigenvalue weighted by Crippen LogP contribution is 2.24. The fraction of sp³-hybridized carbons (Fsp3) is 0.421. The van der Waals surface area contributed by atoms with Gasteiger partial charge in [0.15, 0.2) is 0 Å². The van der Waals surface area contributed by atoms with Crippen molar-refractivity contribution in [2.75, 3.05) is 24.5 Å². The third-order valence-electron chi connectivity index (χ3n) is 4.55. The molecule has 0 bridgehead atoms. The quantitative estimate of drug-likeness (QED) is 0.874. The summed E-state index contributed by atoms with van der Waals surface area (Å²) in [6.07, 6.45) is 3.03. The van der Waals surface area contributed by atoms with Gasteiger partial charge in [0, 0.05) is 18.8 Å². The summed E-state index contributed by atoms with van der Waals surface area (Å²) >= 11 is 0. The molecule has 1 aliphatic rings. The highest BCUT2D eigenvalue weighted by Gasteiger charge is 2.16. The van der Waals surface area contributed by atoms with Crippen LogP contribution in [0.25, 0.3) is 0 Å². The smallest absolute Gasteiger partial charge is 0.341 e. The van der Waals surface area contributed by atoms with E-state index in [9.17, 15) is 9.90 Å². The number of nitrogens with zero attached hydrogens (tertiary/aromatic N) is 2. The van der Waals surface area contributed by atoms with Gasteiger partial charge in [-0.15, -0.1) is 0 Å². The van der Waals surface area contributed by atoms with Crippen molar-refractivity contribution < 1.29 is 14.3 Å². The normalized spacial score (nSPS) is 16.5. The van der Waals surface area contributed by atoms with Crippen LogP contribution in [0.15, 0.2) is 47.1 Å². The number of nitrogens with one attached hydrogen (secondary N) is 1. The zero-order chi connectivity index (χ0) is 17.6. The van der Waals surface area contributed by atoms with Gasteiger partial charge in [0.1, 0.15) is 11.9 Å². The molecule has 2 aromatic rings. The molecule has 6 nitrogen and oxygen atoms in total. The second kappa shape index (κ2) is 8.07. The maximum atomic E-state index is 11.9. The predicted molar refractivity (Wildman–Crippen MR) is 95.9 cm³/mol. The Balaban J connectivity index is 1.47. The summed E-state index contributed by atoms with van der Waals surface area (Å²) < 4.78 is 5.09. The van der Waals surface area contributed by atoms with Crippen LogP contribution in [0, 0.1) is 5.92 Å². The minimum Gasteiger partial charge on any atom is -0.467 e. The van der Waals surface area contributed by atoms with Gasteiger partial charge in [-0.1, -0.05) is 6.92 Å². The number of anilines is 1. The standard InChI is InChI=1S/C19H24N3O3/c1-14-8-10-22(11-9-14)16-6-4-15(5-7-16)21-19(24)20-13-17(23)18-3-2-12-25-18/h2-7,12,14,17,23H,8-11,13H2,1H3,(H,20,24). The van der Waals surface area contributed by atoms with E-state index in [0.29, 0.717) is 11.4 Å². The molecular formula is C19H24N3O3. The number of piperidine rings is 1. The minimum absolute atomic E-state index is 0.0554. The zero-order valence-corrected chi connectivity index (χ0v) is 14.4. The van der Waals surface area contributed by atoms with E-state index < -0.39 is 12.1 Å². The van der Waals surface area contributed by atoms with E-state index in [-0.39, 0.29) is 6.54 Å². The van der Waals surface area contributed by atoms with Crippen molar-refractivity contribution >= 4 is 17.4 Å². The molecule has 1 unspecified atom stereocenters. The average Bonchev–Trinajstić information content (AvgIpc) is 3.16. The van der Waals surface area contributed by atoms with E-state index >= 15 is 0 Å². The van der Waals surface area contributed by atoms with Crippen LogP contribution in [0.1, 0.15) is 31.6 Å². The molecule has 1 saturated heterocycles. The van der Waals surface area contributed by atoms with Crippen molar-refractivity contribution in [2.45, 2.75) is 25.9 Å². The summed E-state index contributed by atoms with van der Waals surface area (Å²) in [5, 5.41) is 16.4. The molecule has 1 radical (unpaired) electrons. The third kappa shape index (κ3) is 4.76. The van der Waals surface area contributed by atoms with Crippen LogP contribution in [0.5, 0.6) is 0 Å². The summed E-state index contributed by atoms with van der Waals surface area (Å²) in [6.45, 7) is 4.49. The van der Waals surface area contributed by atoms with Crippen LogP contribution in [0.2, 0.25) is 0 Å². The molecule has 0 spiro atoms.